The van der Waals surface area contributed by atoms with Crippen molar-refractivity contribution in [3.05, 3.63) is 277 Å². The van der Waals surface area contributed by atoms with Gasteiger partial charge in [0.25, 0.3) is 0 Å². The first-order valence-corrected chi connectivity index (χ1v) is 50.4. The predicted octanol–water partition coefficient (Wildman–Crippen LogP) is 46.6. The van der Waals surface area contributed by atoms with Crippen molar-refractivity contribution in [2.24, 2.45) is 16.2 Å². The third-order valence-electron chi connectivity index (χ3n) is 23.9. The normalized spacial score (nSPS) is 11.4. The summed E-state index contributed by atoms with van der Waals surface area (Å²) in [6.07, 6.45) is 8.20. The van der Waals surface area contributed by atoms with Gasteiger partial charge in [-0.25, -0.2) is 0 Å². The lowest BCUT2D eigenvalue weighted by molar-refractivity contribution is -0.157. The number of rotatable bonds is 24. The second kappa shape index (κ2) is 86.5. The smallest absolute Gasteiger partial charge is 0.311 e. The van der Waals surface area contributed by atoms with E-state index in [4.69, 9.17) is 29.5 Å². The van der Waals surface area contributed by atoms with Crippen LogP contribution >= 0.6 is 112 Å². The number of benzene rings is 12. The van der Waals surface area contributed by atoms with Crippen molar-refractivity contribution >= 4 is 194 Å². The lowest BCUT2D eigenvalue weighted by atomic mass is 9.91. The minimum atomic E-state index is -0.582. The molecular weight excluding hydrogens is 2240 g/mol. The fourth-order valence-electron chi connectivity index (χ4n) is 12.7. The molecule has 16 heteroatoms. The van der Waals surface area contributed by atoms with Gasteiger partial charge in [0, 0.05) is 31.3 Å². The minimum Gasteiger partial charge on any atom is -0.463 e. The molecule has 3 N–H and O–H groups in total. The molecular formula is C128H213Br7O9. The lowest BCUT2D eigenvalue weighted by Crippen LogP contribution is -2.28. The Labute approximate surface area is 947 Å². The quantitative estimate of drug-likeness (QED) is 0.0398. The first-order chi connectivity index (χ1) is 59.6. The number of halogens is 7. The standard InChI is InChI=1S/2C14H14Br2.3C14H15Br.C14H16.2C9H18O3.C8H16O3.18CH4/c2*1-3-9(2)10-4-5-11-12(8-10)14(16)7-6-13(11)15;1-3-10(2)11-7-8-13-12(9-11)5-4-6-14(13)15;1-3-10(2)12-8-7-11-5-4-6-14(15)13(11)9-12;1-3-10(2)11-8-9-14(15)13-7-5-4-6-12(11)13;1-3-11(2)13-10-6-8-12-7-4-5-9-14(12)13;2*1-5-9(3,4)8(11)12-6-7(2)10;1-4-8(2,3)7(10)11-6-5-9;;;;;;;;;;;;;;;;;;/h2*4-9H,3H2,1-2H3;3*4-10H,3H2,1-2H3;4-11H,3H2,1-2H3;2*7,10H,5-6H2,1-4H3;9H,4-6H2,1-3H3;18*1H4. The van der Waals surface area contributed by atoms with Crippen LogP contribution in [0, 0.1) is 16.2 Å². The molecule has 8 atom stereocenters. The second-order valence-corrected chi connectivity index (χ2v) is 40.7. The lowest BCUT2D eigenvalue weighted by Gasteiger charge is -2.20. The van der Waals surface area contributed by atoms with Crippen LogP contribution in [0.3, 0.4) is 0 Å². The van der Waals surface area contributed by atoms with Crippen molar-refractivity contribution in [2.45, 2.75) is 398 Å². The molecule has 828 valence electrons. The summed E-state index contributed by atoms with van der Waals surface area (Å²) < 4.78 is 22.7. The summed E-state index contributed by atoms with van der Waals surface area (Å²) in [7, 11) is 0. The van der Waals surface area contributed by atoms with Gasteiger partial charge in [-0.2, -0.15) is 0 Å². The van der Waals surface area contributed by atoms with Gasteiger partial charge in [0.05, 0.1) is 35.1 Å². The van der Waals surface area contributed by atoms with E-state index in [-0.39, 0.29) is 178 Å². The summed E-state index contributed by atoms with van der Waals surface area (Å²) in [5.74, 6) is 3.08. The molecule has 0 saturated carbocycles. The first kappa shape index (κ1) is 171. The van der Waals surface area contributed by atoms with Crippen molar-refractivity contribution in [1.82, 2.24) is 0 Å². The van der Waals surface area contributed by atoms with Gasteiger partial charge >= 0.3 is 17.9 Å². The van der Waals surface area contributed by atoms with Gasteiger partial charge in [0.15, 0.2) is 0 Å². The fourth-order valence-corrected chi connectivity index (χ4v) is 16.0. The predicted molar refractivity (Wildman–Crippen MR) is 687 cm³/mol. The maximum atomic E-state index is 11.3. The molecule has 0 bridgehead atoms. The van der Waals surface area contributed by atoms with Crippen LogP contribution in [0.1, 0.15) is 420 Å². The number of hydrogen-bond acceptors (Lipinski definition) is 9. The largest absolute Gasteiger partial charge is 0.463 e. The van der Waals surface area contributed by atoms with Crippen molar-refractivity contribution < 1.29 is 43.9 Å². The van der Waals surface area contributed by atoms with Crippen LogP contribution in [0.4, 0.5) is 0 Å². The summed E-state index contributed by atoms with van der Waals surface area (Å²) in [6, 6.07) is 76.1. The summed E-state index contributed by atoms with van der Waals surface area (Å²) in [5, 5.41) is 41.9. The molecule has 0 radical (unpaired) electrons. The first-order valence-electron chi connectivity index (χ1n) is 44.9. The maximum Gasteiger partial charge on any atom is 0.311 e. The average molecular weight is 2460 g/mol. The zero-order valence-electron chi connectivity index (χ0n) is 79.0. The summed E-state index contributed by atoms with van der Waals surface area (Å²) in [4.78, 5) is 33.7. The minimum absolute atomic E-state index is 0. The Morgan fingerprint density at radius 3 is 0.854 bits per heavy atom. The number of hydrogen-bond donors (Lipinski definition) is 3. The zero-order chi connectivity index (χ0) is 94.3. The molecule has 12 aromatic carbocycles. The van der Waals surface area contributed by atoms with Gasteiger partial charge in [-0.15, -0.1) is 0 Å². The van der Waals surface area contributed by atoms with E-state index >= 15 is 0 Å². The second-order valence-electron chi connectivity index (χ2n) is 34.7. The monoisotopic (exact) mass is 2450 g/mol. The molecule has 144 heavy (non-hydrogen) atoms. The van der Waals surface area contributed by atoms with Crippen LogP contribution < -0.4 is 0 Å². The highest BCUT2D eigenvalue weighted by molar-refractivity contribution is 9.11. The number of aliphatic hydroxyl groups excluding tert-OH is 3. The van der Waals surface area contributed by atoms with Crippen LogP contribution in [0.5, 0.6) is 0 Å². The number of esters is 3. The Balaban J connectivity index is -0.0000000987. The van der Waals surface area contributed by atoms with Crippen LogP contribution in [-0.2, 0) is 28.6 Å². The highest BCUT2D eigenvalue weighted by Crippen LogP contribution is 2.38. The van der Waals surface area contributed by atoms with E-state index in [1.54, 1.807) is 13.8 Å². The summed E-state index contributed by atoms with van der Waals surface area (Å²) >= 11 is 25.2. The Morgan fingerprint density at radius 1 is 0.257 bits per heavy atom. The highest BCUT2D eigenvalue weighted by Gasteiger charge is 2.29. The maximum absolute atomic E-state index is 11.3. The van der Waals surface area contributed by atoms with E-state index in [9.17, 15) is 14.4 Å². The van der Waals surface area contributed by atoms with Crippen LogP contribution in [-0.4, -0.2) is 71.9 Å². The Kier molecular flexibility index (Phi) is 103. The molecule has 0 aromatic heterocycles. The van der Waals surface area contributed by atoms with Gasteiger partial charge in [-0.3, -0.25) is 14.4 Å². The van der Waals surface area contributed by atoms with E-state index in [1.807, 2.05) is 62.3 Å². The van der Waals surface area contributed by atoms with E-state index in [2.05, 4.69) is 407 Å². The molecule has 9 nitrogen and oxygen atoms in total. The van der Waals surface area contributed by atoms with E-state index in [0.29, 0.717) is 35.5 Å². The molecule has 0 amide bonds. The van der Waals surface area contributed by atoms with E-state index < -0.39 is 28.5 Å². The van der Waals surface area contributed by atoms with E-state index in [1.165, 1.54) is 150 Å². The fraction of sp³-hybridized carbons (Fsp3) is 0.508. The average Bonchev–Trinajstić information content (AvgIpc) is 0.827. The molecule has 0 heterocycles. The van der Waals surface area contributed by atoms with Crippen LogP contribution in [0.25, 0.3) is 64.6 Å². The van der Waals surface area contributed by atoms with Crippen LogP contribution in [0.15, 0.2) is 244 Å². The molecule has 0 aliphatic carbocycles. The molecule has 12 aromatic rings. The molecule has 0 spiro atoms. The van der Waals surface area contributed by atoms with Gasteiger partial charge in [-0.1, -0.05) is 501 Å². The van der Waals surface area contributed by atoms with Gasteiger partial charge in [-0.05, 0) is 307 Å². The van der Waals surface area contributed by atoms with Crippen molar-refractivity contribution in [2.75, 3.05) is 26.4 Å². The molecule has 0 saturated heterocycles. The van der Waals surface area contributed by atoms with Gasteiger partial charge in [0.1, 0.15) is 19.8 Å². The number of aliphatic hydroxyl groups is 3. The molecule has 0 fully saturated rings. The highest BCUT2D eigenvalue weighted by atomic mass is 79.9. The summed E-state index contributed by atoms with van der Waals surface area (Å²) in [6.45, 7) is 47.2. The molecule has 8 unspecified atom stereocenters. The number of carbonyl (C=O) groups is 3. The van der Waals surface area contributed by atoms with Crippen molar-refractivity contribution in [1.29, 1.82) is 0 Å². The Hall–Kier alpha value is -6.15. The van der Waals surface area contributed by atoms with Crippen molar-refractivity contribution in [3.8, 4) is 0 Å². The Bertz CT molecular complexity index is 5210. The third-order valence-corrected chi connectivity index (χ3v) is 28.7. The van der Waals surface area contributed by atoms with Gasteiger partial charge in [0.2, 0.25) is 0 Å². The molecule has 0 aliphatic heterocycles. The topological polar surface area (TPSA) is 140 Å². The molecule has 12 rings (SSSR count). The van der Waals surface area contributed by atoms with Crippen LogP contribution in [0.2, 0.25) is 0 Å². The number of fused-ring (bicyclic) bond motifs is 6. The number of carbonyl (C=O) groups excluding carboxylic acids is 3. The SMILES string of the molecule is C.C.C.C.C.C.C.C.C.C.C.C.C.C.C.C.C.C.CCC(C)(C)C(=O)OCC(C)O.CCC(C)(C)C(=O)OCC(C)O.CCC(C)(C)C(=O)OCCO.CCC(C)c1ccc(Br)c2ccccc12.CCC(C)c1ccc2c(Br)ccc(Br)c2c1.CCC(C)c1ccc2c(Br)ccc(Br)c2c1.CCC(C)c1ccc2c(Br)cccc2c1.CCC(C)c1ccc2cccc(Br)c2c1.CCC(C)c1cccc2ccccc12. The third kappa shape index (κ3) is 54.0. The van der Waals surface area contributed by atoms with Gasteiger partial charge < -0.3 is 29.5 Å². The van der Waals surface area contributed by atoms with E-state index in [0.717, 1.165) is 37.2 Å². The summed E-state index contributed by atoms with van der Waals surface area (Å²) in [5.41, 5.74) is 7.32. The Morgan fingerprint density at radius 2 is 0.507 bits per heavy atom. The van der Waals surface area contributed by atoms with Crippen molar-refractivity contribution in [3.63, 3.8) is 0 Å². The zero-order valence-corrected chi connectivity index (χ0v) is 90.1. The molecule has 0 aliphatic rings. The number of ether oxygens (including phenoxy) is 3.